The molecule has 2 heterocycles. The number of unbranched alkanes of at least 4 members (excludes halogenated alkanes) is 1. The van der Waals surface area contributed by atoms with Crippen LogP contribution < -0.4 is 9.47 Å². The van der Waals surface area contributed by atoms with E-state index >= 15 is 0 Å². The minimum absolute atomic E-state index is 0.125. The van der Waals surface area contributed by atoms with Crippen LogP contribution in [0.25, 0.3) is 22.6 Å². The maximum Gasteiger partial charge on any atom is 0.303 e. The first-order valence-corrected chi connectivity index (χ1v) is 12.9. The zero-order valence-corrected chi connectivity index (χ0v) is 21.8. The van der Waals surface area contributed by atoms with Crippen LogP contribution in [0.3, 0.4) is 0 Å². The van der Waals surface area contributed by atoms with Gasteiger partial charge >= 0.3 is 5.97 Å². The highest BCUT2D eigenvalue weighted by atomic mass is 35.5. The number of imidazole rings is 1. The van der Waals surface area contributed by atoms with E-state index < -0.39 is 5.97 Å². The van der Waals surface area contributed by atoms with Crippen molar-refractivity contribution >= 4 is 40.3 Å². The maximum absolute atomic E-state index is 10.7. The largest absolute Gasteiger partial charge is 0.494 e. The first-order chi connectivity index (χ1) is 17.8. The second kappa shape index (κ2) is 10.6. The van der Waals surface area contributed by atoms with Crippen molar-refractivity contribution in [2.24, 2.45) is 0 Å². The summed E-state index contributed by atoms with van der Waals surface area (Å²) in [5.41, 5.74) is 2.69. The van der Waals surface area contributed by atoms with Gasteiger partial charge in [0.1, 0.15) is 23.5 Å². The lowest BCUT2D eigenvalue weighted by Gasteiger charge is -2.12. The van der Waals surface area contributed by atoms with Gasteiger partial charge in [-0.2, -0.15) is 4.98 Å². The zero-order chi connectivity index (χ0) is 26.0. The fraction of sp³-hybridized carbons (Fsp3) is 0.333. The van der Waals surface area contributed by atoms with Crippen molar-refractivity contribution in [3.05, 3.63) is 64.4 Å². The Morgan fingerprint density at radius 2 is 1.97 bits per heavy atom. The third-order valence-corrected chi connectivity index (χ3v) is 6.81. The Hall–Kier alpha value is -3.36. The Bertz CT molecular complexity index is 1450. The van der Waals surface area contributed by atoms with Crippen LogP contribution in [0.15, 0.2) is 48.8 Å². The first-order valence-electron chi connectivity index (χ1n) is 12.1. The molecule has 0 atom stereocenters. The van der Waals surface area contributed by atoms with Gasteiger partial charge < -0.3 is 19.1 Å². The minimum Gasteiger partial charge on any atom is -0.494 e. The molecule has 8 nitrogen and oxygen atoms in total. The Morgan fingerprint density at radius 1 is 1.14 bits per heavy atom. The second-order valence-electron chi connectivity index (χ2n) is 9.40. The number of carbonyl (C=O) groups is 1. The fourth-order valence-electron chi connectivity index (χ4n) is 4.01. The van der Waals surface area contributed by atoms with Crippen LogP contribution in [0.5, 0.6) is 11.6 Å². The quantitative estimate of drug-likeness (QED) is 0.219. The molecular weight excluding hydrogens is 515 g/mol. The van der Waals surface area contributed by atoms with Crippen molar-refractivity contribution in [2.75, 3.05) is 6.61 Å². The number of carboxylic acid groups (broad SMARTS) is 1. The fourth-order valence-corrected chi connectivity index (χ4v) is 4.48. The molecule has 2 aromatic carbocycles. The molecule has 1 saturated carbocycles. The lowest BCUT2D eigenvalue weighted by molar-refractivity contribution is -0.137. The number of rotatable bonds is 11. The number of hydrogen-bond acceptors (Lipinski definition) is 6. The van der Waals surface area contributed by atoms with Crippen LogP contribution in [0.2, 0.25) is 10.0 Å². The van der Waals surface area contributed by atoms with Gasteiger partial charge in [0, 0.05) is 17.0 Å². The van der Waals surface area contributed by atoms with Gasteiger partial charge in [-0.05, 0) is 68.5 Å². The molecule has 5 rings (SSSR count). The Kier molecular flexibility index (Phi) is 7.22. The summed E-state index contributed by atoms with van der Waals surface area (Å²) in [6, 6.07) is 13.1. The molecule has 2 aromatic heterocycles. The summed E-state index contributed by atoms with van der Waals surface area (Å²) >= 11 is 13.0. The third kappa shape index (κ3) is 5.97. The van der Waals surface area contributed by atoms with Crippen molar-refractivity contribution in [3.63, 3.8) is 0 Å². The number of aromatic nitrogens is 4. The molecule has 0 aliphatic heterocycles. The van der Waals surface area contributed by atoms with Gasteiger partial charge in [0.25, 0.3) is 0 Å². The lowest BCUT2D eigenvalue weighted by atomic mass is 10.2. The summed E-state index contributed by atoms with van der Waals surface area (Å²) < 4.78 is 14.0. The molecule has 1 aliphatic carbocycles. The van der Waals surface area contributed by atoms with E-state index in [1.54, 1.807) is 6.07 Å². The zero-order valence-electron chi connectivity index (χ0n) is 20.3. The van der Waals surface area contributed by atoms with Crippen LogP contribution in [0.1, 0.15) is 44.6 Å². The molecule has 0 saturated heterocycles. The van der Waals surface area contributed by atoms with E-state index in [1.165, 1.54) is 6.33 Å². The summed E-state index contributed by atoms with van der Waals surface area (Å²) in [6.45, 7) is 2.94. The summed E-state index contributed by atoms with van der Waals surface area (Å²) in [5, 5.41) is 9.89. The molecule has 37 heavy (non-hydrogen) atoms. The number of nitrogens with zero attached hydrogens (tertiary/aromatic N) is 4. The predicted molar refractivity (Wildman–Crippen MR) is 142 cm³/mol. The van der Waals surface area contributed by atoms with Crippen molar-refractivity contribution in [3.8, 4) is 23.0 Å². The number of fused-ring (bicyclic) bond motifs is 1. The maximum atomic E-state index is 10.7. The topological polar surface area (TPSA) is 99.4 Å². The average molecular weight is 541 g/mol. The van der Waals surface area contributed by atoms with Gasteiger partial charge in [0.2, 0.25) is 5.88 Å². The summed E-state index contributed by atoms with van der Waals surface area (Å²) in [4.78, 5) is 24.5. The molecule has 0 radical (unpaired) electrons. The molecular formula is C27H26Cl2N4O4. The normalized spacial score (nSPS) is 14.0. The number of halogens is 2. The van der Waals surface area contributed by atoms with Crippen LogP contribution in [-0.4, -0.2) is 42.8 Å². The molecule has 1 aliphatic rings. The van der Waals surface area contributed by atoms with Crippen LogP contribution in [0.4, 0.5) is 0 Å². The third-order valence-electron chi connectivity index (χ3n) is 6.26. The van der Waals surface area contributed by atoms with E-state index in [0.29, 0.717) is 70.2 Å². The molecule has 4 aromatic rings. The molecule has 10 heteroatoms. The van der Waals surface area contributed by atoms with Gasteiger partial charge in [-0.15, -0.1) is 0 Å². The first kappa shape index (κ1) is 25.3. The van der Waals surface area contributed by atoms with E-state index in [4.69, 9.17) is 42.8 Å². The molecule has 0 spiro atoms. The van der Waals surface area contributed by atoms with Gasteiger partial charge in [-0.1, -0.05) is 35.3 Å². The van der Waals surface area contributed by atoms with Gasteiger partial charge in [-0.25, -0.2) is 9.97 Å². The highest BCUT2D eigenvalue weighted by Gasteiger charge is 2.41. The van der Waals surface area contributed by atoms with E-state index in [0.717, 1.165) is 18.4 Å². The Morgan fingerprint density at radius 3 is 2.70 bits per heavy atom. The van der Waals surface area contributed by atoms with Crippen LogP contribution in [-0.2, 0) is 11.3 Å². The number of ether oxygens (including phenoxy) is 2. The highest BCUT2D eigenvalue weighted by molar-refractivity contribution is 6.33. The molecule has 0 bridgehead atoms. The van der Waals surface area contributed by atoms with Crippen LogP contribution in [0, 0.1) is 0 Å². The number of hydrogen-bond donors (Lipinski definition) is 1. The number of aliphatic carboxylic acids is 1. The minimum atomic E-state index is -0.808. The molecule has 0 unspecified atom stereocenters. The number of benzene rings is 2. The van der Waals surface area contributed by atoms with E-state index in [-0.39, 0.29) is 12.0 Å². The SMILES string of the molecule is CC1(Oc2ncnc3c2nc(-c2ccc(OCCCCC(=O)O)cc2Cl)n3Cc2cccc(Cl)c2)CC1. The van der Waals surface area contributed by atoms with Gasteiger partial charge in [-0.3, -0.25) is 4.79 Å². The van der Waals surface area contributed by atoms with Gasteiger partial charge in [0.05, 0.1) is 18.2 Å². The second-order valence-corrected chi connectivity index (χ2v) is 10.2. The summed E-state index contributed by atoms with van der Waals surface area (Å²) in [7, 11) is 0. The summed E-state index contributed by atoms with van der Waals surface area (Å²) in [6.07, 6.45) is 4.75. The average Bonchev–Trinajstić information content (AvgIpc) is 3.47. The van der Waals surface area contributed by atoms with Gasteiger partial charge in [0.15, 0.2) is 11.2 Å². The Labute approximate surface area is 224 Å². The molecule has 0 amide bonds. The predicted octanol–water partition coefficient (Wildman–Crippen LogP) is 6.41. The van der Waals surface area contributed by atoms with Crippen molar-refractivity contribution in [1.29, 1.82) is 0 Å². The van der Waals surface area contributed by atoms with E-state index in [2.05, 4.69) is 16.9 Å². The molecule has 1 fully saturated rings. The lowest BCUT2D eigenvalue weighted by Crippen LogP contribution is -2.13. The van der Waals surface area contributed by atoms with Crippen LogP contribution >= 0.6 is 23.2 Å². The Balaban J connectivity index is 1.49. The van der Waals surface area contributed by atoms with Crippen molar-refractivity contribution in [1.82, 2.24) is 19.5 Å². The highest BCUT2D eigenvalue weighted by Crippen LogP contribution is 2.41. The molecule has 192 valence electrons. The number of carboxylic acids is 1. The smallest absolute Gasteiger partial charge is 0.303 e. The summed E-state index contributed by atoms with van der Waals surface area (Å²) in [5.74, 6) is 0.873. The van der Waals surface area contributed by atoms with Crippen molar-refractivity contribution < 1.29 is 19.4 Å². The van der Waals surface area contributed by atoms with E-state index in [1.807, 2.05) is 41.0 Å². The monoisotopic (exact) mass is 540 g/mol. The van der Waals surface area contributed by atoms with E-state index in [9.17, 15) is 4.79 Å². The molecule has 1 N–H and O–H groups in total. The van der Waals surface area contributed by atoms with Crippen molar-refractivity contribution in [2.45, 2.75) is 51.2 Å². The standard InChI is InChI=1S/C27H26Cl2N4O4/c1-27(10-11-27)37-26-23-25(30-16-31-26)33(15-17-5-4-6-18(28)13-17)24(32-23)20-9-8-19(14-21(20)29)36-12-3-2-7-22(34)35/h4-6,8-9,13-14,16H,2-3,7,10-12,15H2,1H3,(H,34,35).